The molecule has 4 rings (SSSR count). The third-order valence-electron chi connectivity index (χ3n) is 3.85. The van der Waals surface area contributed by atoms with Gasteiger partial charge in [0.05, 0.1) is 17.8 Å². The van der Waals surface area contributed by atoms with Gasteiger partial charge in [0.25, 0.3) is 0 Å². The molecule has 6 nitrogen and oxygen atoms in total. The number of nitrogens with zero attached hydrogens (tertiary/aromatic N) is 3. The van der Waals surface area contributed by atoms with Gasteiger partial charge < -0.3 is 14.8 Å². The summed E-state index contributed by atoms with van der Waals surface area (Å²) in [5.74, 6) is 0.813. The Hall–Kier alpha value is -3.00. The molecule has 3 aromatic heterocycles. The summed E-state index contributed by atoms with van der Waals surface area (Å²) in [5, 5.41) is 8.22. The Kier molecular flexibility index (Phi) is 4.26. The molecule has 0 bridgehead atoms. The molecule has 132 valence electrons. The number of anilines is 1. The molecular weight excluding hydrogens is 353 g/mol. The molecule has 0 spiro atoms. The maximum atomic E-state index is 14.5. The van der Waals surface area contributed by atoms with Crippen LogP contribution >= 0.6 is 11.5 Å². The summed E-state index contributed by atoms with van der Waals surface area (Å²) in [4.78, 5) is 7.20. The Morgan fingerprint density at radius 1 is 1.23 bits per heavy atom. The van der Waals surface area contributed by atoms with E-state index in [1.54, 1.807) is 24.4 Å². The first-order chi connectivity index (χ1) is 12.6. The molecule has 0 saturated heterocycles. The van der Waals surface area contributed by atoms with E-state index in [0.717, 1.165) is 16.4 Å². The average Bonchev–Trinajstić information content (AvgIpc) is 3.34. The predicted octanol–water partition coefficient (Wildman–Crippen LogP) is 4.56. The van der Waals surface area contributed by atoms with Gasteiger partial charge in [-0.15, -0.1) is 0 Å². The van der Waals surface area contributed by atoms with Crippen molar-refractivity contribution in [3.8, 4) is 22.6 Å². The molecule has 0 amide bonds. The van der Waals surface area contributed by atoms with E-state index in [1.165, 1.54) is 17.6 Å². The topological polar surface area (TPSA) is 79.6 Å². The van der Waals surface area contributed by atoms with Gasteiger partial charge in [-0.25, -0.2) is 9.37 Å². The van der Waals surface area contributed by atoms with Gasteiger partial charge in [0, 0.05) is 23.5 Å². The molecule has 26 heavy (non-hydrogen) atoms. The fraction of sp³-hybridized carbons (Fsp3) is 0.167. The van der Waals surface area contributed by atoms with Gasteiger partial charge in [-0.2, -0.15) is 4.37 Å². The molecule has 3 heterocycles. The zero-order valence-electron chi connectivity index (χ0n) is 14.2. The number of aryl methyl sites for hydroxylation is 2. The number of halogens is 1. The number of nitrogens with one attached hydrogen (secondary N) is 2. The molecule has 4 aromatic rings. The number of imidazole rings is 1. The van der Waals surface area contributed by atoms with Crippen molar-refractivity contribution in [2.45, 2.75) is 20.4 Å². The highest BCUT2D eigenvalue weighted by atomic mass is 32.1. The summed E-state index contributed by atoms with van der Waals surface area (Å²) < 4.78 is 24.0. The number of benzene rings is 1. The van der Waals surface area contributed by atoms with Crippen molar-refractivity contribution in [2.24, 2.45) is 0 Å². The number of H-pyrrole nitrogens is 1. The lowest BCUT2D eigenvalue weighted by molar-refractivity contribution is 0.390. The van der Waals surface area contributed by atoms with E-state index in [2.05, 4.69) is 24.8 Å². The predicted molar refractivity (Wildman–Crippen MR) is 98.4 cm³/mol. The Morgan fingerprint density at radius 2 is 2.12 bits per heavy atom. The highest BCUT2D eigenvalue weighted by Crippen LogP contribution is 2.27. The van der Waals surface area contributed by atoms with Crippen LogP contribution in [0.25, 0.3) is 22.6 Å². The maximum absolute atomic E-state index is 14.5. The van der Waals surface area contributed by atoms with Gasteiger partial charge in [-0.3, -0.25) is 0 Å². The van der Waals surface area contributed by atoms with Crippen LogP contribution in [0.1, 0.15) is 17.1 Å². The van der Waals surface area contributed by atoms with E-state index < -0.39 is 0 Å². The first-order valence-corrected chi connectivity index (χ1v) is 8.80. The molecular formula is C18H16FN5OS. The first kappa shape index (κ1) is 16.5. The van der Waals surface area contributed by atoms with Crippen molar-refractivity contribution < 1.29 is 8.91 Å². The van der Waals surface area contributed by atoms with E-state index in [-0.39, 0.29) is 5.82 Å². The van der Waals surface area contributed by atoms with E-state index in [4.69, 9.17) is 4.52 Å². The molecule has 2 N–H and O–H groups in total. The van der Waals surface area contributed by atoms with Crippen molar-refractivity contribution in [2.75, 3.05) is 5.32 Å². The van der Waals surface area contributed by atoms with Crippen LogP contribution in [0.2, 0.25) is 0 Å². The van der Waals surface area contributed by atoms with Crippen molar-refractivity contribution in [3.05, 3.63) is 59.5 Å². The van der Waals surface area contributed by atoms with Gasteiger partial charge in [0.15, 0.2) is 5.76 Å². The zero-order chi connectivity index (χ0) is 18.1. The Balaban J connectivity index is 1.51. The van der Waals surface area contributed by atoms with E-state index >= 15 is 0 Å². The maximum Gasteiger partial charge on any atom is 0.156 e. The van der Waals surface area contributed by atoms with Crippen LogP contribution in [-0.4, -0.2) is 19.5 Å². The van der Waals surface area contributed by atoms with Crippen LogP contribution in [0.4, 0.5) is 9.39 Å². The minimum atomic E-state index is -0.361. The van der Waals surface area contributed by atoms with Crippen LogP contribution in [-0.2, 0) is 6.54 Å². The SMILES string of the molecule is Cc1cc(NCc2cc(-c3ccc(-c4ncc(C)[nH]4)c(F)c3)no2)sn1. The second-order valence-corrected chi connectivity index (χ2v) is 6.78. The largest absolute Gasteiger partial charge is 0.368 e. The average molecular weight is 369 g/mol. The minimum Gasteiger partial charge on any atom is -0.368 e. The van der Waals surface area contributed by atoms with Crippen LogP contribution in [0, 0.1) is 19.7 Å². The fourth-order valence-electron chi connectivity index (χ4n) is 2.57. The van der Waals surface area contributed by atoms with E-state index in [0.29, 0.717) is 35.0 Å². The van der Waals surface area contributed by atoms with E-state index in [9.17, 15) is 4.39 Å². The third kappa shape index (κ3) is 3.36. The van der Waals surface area contributed by atoms with Crippen molar-refractivity contribution in [1.29, 1.82) is 0 Å². The normalized spacial score (nSPS) is 11.0. The second-order valence-electron chi connectivity index (χ2n) is 5.97. The summed E-state index contributed by atoms with van der Waals surface area (Å²) in [6.07, 6.45) is 1.67. The number of rotatable bonds is 5. The van der Waals surface area contributed by atoms with E-state index in [1.807, 2.05) is 19.9 Å². The third-order valence-corrected chi connectivity index (χ3v) is 4.68. The van der Waals surface area contributed by atoms with Gasteiger partial charge in [-0.1, -0.05) is 11.2 Å². The lowest BCUT2D eigenvalue weighted by Crippen LogP contribution is -1.95. The van der Waals surface area contributed by atoms with Gasteiger partial charge in [0.1, 0.15) is 22.3 Å². The Morgan fingerprint density at radius 3 is 2.81 bits per heavy atom. The van der Waals surface area contributed by atoms with Crippen molar-refractivity contribution in [1.82, 2.24) is 19.5 Å². The number of aromatic amines is 1. The summed E-state index contributed by atoms with van der Waals surface area (Å²) >= 11 is 1.39. The molecule has 0 radical (unpaired) electrons. The molecule has 0 aliphatic heterocycles. The summed E-state index contributed by atoms with van der Waals surface area (Å²) in [6, 6.07) is 8.70. The minimum absolute atomic E-state index is 0.361. The first-order valence-electron chi connectivity index (χ1n) is 8.03. The molecule has 0 fully saturated rings. The molecule has 8 heteroatoms. The summed E-state index contributed by atoms with van der Waals surface area (Å²) in [7, 11) is 0. The quantitative estimate of drug-likeness (QED) is 0.539. The van der Waals surface area contributed by atoms with Gasteiger partial charge in [-0.05, 0) is 43.6 Å². The molecule has 0 aliphatic carbocycles. The molecule has 0 aliphatic rings. The fourth-order valence-corrected chi connectivity index (χ4v) is 3.22. The molecule has 0 saturated carbocycles. The van der Waals surface area contributed by atoms with Crippen LogP contribution in [0.3, 0.4) is 0 Å². The van der Waals surface area contributed by atoms with Crippen molar-refractivity contribution in [3.63, 3.8) is 0 Å². The number of hydrogen-bond acceptors (Lipinski definition) is 6. The Labute approximate surface area is 153 Å². The standard InChI is InChI=1S/C18H16FN5OS/c1-10-5-17(26-24-10)20-9-13-7-16(23-25-13)12-3-4-14(15(19)6-12)18-21-8-11(2)22-18/h3-8,20H,9H2,1-2H3,(H,21,22). The van der Waals surface area contributed by atoms with Crippen molar-refractivity contribution >= 4 is 16.5 Å². The number of aromatic nitrogens is 4. The zero-order valence-corrected chi connectivity index (χ0v) is 15.0. The number of hydrogen-bond donors (Lipinski definition) is 2. The molecule has 0 unspecified atom stereocenters. The summed E-state index contributed by atoms with van der Waals surface area (Å²) in [5.41, 5.74) is 3.51. The monoisotopic (exact) mass is 369 g/mol. The highest BCUT2D eigenvalue weighted by molar-refractivity contribution is 7.10. The highest BCUT2D eigenvalue weighted by Gasteiger charge is 2.13. The summed E-state index contributed by atoms with van der Waals surface area (Å²) in [6.45, 7) is 4.30. The Bertz CT molecular complexity index is 1050. The van der Waals surface area contributed by atoms with Crippen LogP contribution in [0.5, 0.6) is 0 Å². The van der Waals surface area contributed by atoms with Crippen LogP contribution in [0.15, 0.2) is 41.1 Å². The second kappa shape index (κ2) is 6.72. The molecule has 1 aromatic carbocycles. The van der Waals surface area contributed by atoms with Gasteiger partial charge in [0.2, 0.25) is 0 Å². The lowest BCUT2D eigenvalue weighted by atomic mass is 10.1. The smallest absolute Gasteiger partial charge is 0.156 e. The van der Waals surface area contributed by atoms with Gasteiger partial charge >= 0.3 is 0 Å². The van der Waals surface area contributed by atoms with Crippen LogP contribution < -0.4 is 5.32 Å². The molecule has 0 atom stereocenters. The lowest BCUT2D eigenvalue weighted by Gasteiger charge is -2.02.